The van der Waals surface area contributed by atoms with Crippen LogP contribution in [0, 0.1) is 5.92 Å². The first-order valence-electron chi connectivity index (χ1n) is 10.2. The Bertz CT molecular complexity index is 1330. The van der Waals surface area contributed by atoms with Crippen molar-refractivity contribution in [3.63, 3.8) is 0 Å². The molecule has 2 aliphatic rings. The molecule has 0 fully saturated rings. The van der Waals surface area contributed by atoms with Crippen LogP contribution in [0.5, 0.6) is 5.75 Å². The third kappa shape index (κ3) is 3.72. The number of sulfonamides is 1. The van der Waals surface area contributed by atoms with Crippen LogP contribution in [0.4, 0.5) is 11.4 Å². The summed E-state index contributed by atoms with van der Waals surface area (Å²) in [4.78, 5) is 0.202. The second kappa shape index (κ2) is 8.03. The third-order valence-electron chi connectivity index (χ3n) is 6.06. The van der Waals surface area contributed by atoms with E-state index in [1.54, 1.807) is 48.5 Å². The van der Waals surface area contributed by atoms with E-state index in [1.807, 2.05) is 6.07 Å². The number of phenolic OH excluding ortho intramolecular Hbond substituents is 1. The van der Waals surface area contributed by atoms with Gasteiger partial charge in [-0.25, -0.2) is 8.42 Å². The highest BCUT2D eigenvalue weighted by Crippen LogP contribution is 2.52. The van der Waals surface area contributed by atoms with Crippen molar-refractivity contribution in [3.05, 3.63) is 94.0 Å². The quantitative estimate of drug-likeness (QED) is 0.376. The van der Waals surface area contributed by atoms with Gasteiger partial charge < -0.3 is 10.4 Å². The molecule has 0 saturated heterocycles. The Morgan fingerprint density at radius 2 is 1.78 bits per heavy atom. The number of anilines is 2. The summed E-state index contributed by atoms with van der Waals surface area (Å²) in [6.07, 6.45) is 4.97. The number of hydrogen-bond acceptors (Lipinski definition) is 4. The summed E-state index contributed by atoms with van der Waals surface area (Å²) in [5, 5.41) is 14.7. The minimum absolute atomic E-state index is 0.000262. The number of benzene rings is 3. The van der Waals surface area contributed by atoms with Crippen LogP contribution in [-0.2, 0) is 10.0 Å². The van der Waals surface area contributed by atoms with E-state index < -0.39 is 10.0 Å². The molecule has 3 aromatic carbocycles. The number of para-hydroxylation sites is 1. The zero-order valence-corrected chi connectivity index (χ0v) is 19.1. The van der Waals surface area contributed by atoms with Gasteiger partial charge in [-0.15, -0.1) is 0 Å². The molecule has 3 N–H and O–H groups in total. The van der Waals surface area contributed by atoms with Gasteiger partial charge in [-0.3, -0.25) is 4.72 Å². The van der Waals surface area contributed by atoms with Gasteiger partial charge in [0.05, 0.1) is 16.0 Å². The maximum atomic E-state index is 13.0. The first-order chi connectivity index (χ1) is 15.3. The Balaban J connectivity index is 1.53. The van der Waals surface area contributed by atoms with Gasteiger partial charge in [0.15, 0.2) is 0 Å². The Labute approximate surface area is 196 Å². The van der Waals surface area contributed by atoms with Crippen LogP contribution in [-0.4, -0.2) is 13.5 Å². The number of phenols is 1. The van der Waals surface area contributed by atoms with Gasteiger partial charge >= 0.3 is 0 Å². The molecule has 3 aromatic rings. The molecule has 8 heteroatoms. The van der Waals surface area contributed by atoms with Gasteiger partial charge in [-0.05, 0) is 60.4 Å². The van der Waals surface area contributed by atoms with Crippen LogP contribution in [0.2, 0.25) is 10.0 Å². The molecule has 0 spiro atoms. The van der Waals surface area contributed by atoms with Crippen LogP contribution in [0.1, 0.15) is 29.5 Å². The first-order valence-corrected chi connectivity index (χ1v) is 12.4. The second-order valence-corrected chi connectivity index (χ2v) is 10.5. The summed E-state index contributed by atoms with van der Waals surface area (Å²) in [6.45, 7) is 0. The number of fused-ring (bicyclic) bond motifs is 3. The Morgan fingerprint density at radius 1 is 1.00 bits per heavy atom. The average molecular weight is 487 g/mol. The summed E-state index contributed by atoms with van der Waals surface area (Å²) in [7, 11) is -3.74. The average Bonchev–Trinajstić information content (AvgIpc) is 3.26. The van der Waals surface area contributed by atoms with Gasteiger partial charge in [0.25, 0.3) is 10.0 Å². The molecule has 5 rings (SSSR count). The monoisotopic (exact) mass is 486 g/mol. The smallest absolute Gasteiger partial charge is 0.261 e. The van der Waals surface area contributed by atoms with E-state index in [-0.39, 0.29) is 33.5 Å². The Hall–Kier alpha value is -2.67. The molecule has 3 unspecified atom stereocenters. The van der Waals surface area contributed by atoms with Gasteiger partial charge in [0.1, 0.15) is 5.75 Å². The maximum Gasteiger partial charge on any atom is 0.261 e. The fourth-order valence-electron chi connectivity index (χ4n) is 4.59. The molecule has 1 aliphatic heterocycles. The van der Waals surface area contributed by atoms with E-state index in [2.05, 4.69) is 22.2 Å². The number of aromatic hydroxyl groups is 1. The number of halogens is 2. The molecule has 1 aliphatic carbocycles. The standard InChI is InChI=1S/C24H20Cl2N2O3S/c25-14-11-20(24(29)21(26)12-14)23-18-8-4-7-17(18)19-13-16(9-10-22(19)27-23)32(30,31)28-15-5-2-1-3-6-15/h1-7,9-13,17-18,23,27-29H,8H2. The topological polar surface area (TPSA) is 78.4 Å². The normalized spacial score (nSPS) is 21.5. The van der Waals surface area contributed by atoms with Crippen molar-refractivity contribution in [2.45, 2.75) is 23.3 Å². The fraction of sp³-hybridized carbons (Fsp3) is 0.167. The van der Waals surface area contributed by atoms with Gasteiger partial charge in [0.2, 0.25) is 0 Å². The lowest BCUT2D eigenvalue weighted by atomic mass is 9.77. The Kier molecular flexibility index (Phi) is 5.32. The van der Waals surface area contributed by atoms with Gasteiger partial charge in [0, 0.05) is 27.9 Å². The van der Waals surface area contributed by atoms with E-state index in [0.29, 0.717) is 16.3 Å². The van der Waals surface area contributed by atoms with Crippen molar-refractivity contribution >= 4 is 44.6 Å². The number of nitrogens with one attached hydrogen (secondary N) is 2. The van der Waals surface area contributed by atoms with Crippen molar-refractivity contribution in [2.75, 3.05) is 10.0 Å². The molecule has 164 valence electrons. The Morgan fingerprint density at radius 3 is 2.56 bits per heavy atom. The van der Waals surface area contributed by atoms with Crippen LogP contribution in [0.15, 0.2) is 77.7 Å². The molecule has 1 heterocycles. The van der Waals surface area contributed by atoms with Crippen molar-refractivity contribution in [1.29, 1.82) is 0 Å². The molecule has 32 heavy (non-hydrogen) atoms. The minimum atomic E-state index is -3.74. The summed E-state index contributed by atoms with van der Waals surface area (Å²) in [6, 6.07) is 16.9. The predicted molar refractivity (Wildman–Crippen MR) is 128 cm³/mol. The number of rotatable bonds is 4. The third-order valence-corrected chi connectivity index (χ3v) is 7.95. The van der Waals surface area contributed by atoms with Crippen molar-refractivity contribution in [2.24, 2.45) is 5.92 Å². The molecule has 0 bridgehead atoms. The molecule has 3 atom stereocenters. The first kappa shape index (κ1) is 21.2. The highest BCUT2D eigenvalue weighted by Gasteiger charge is 2.39. The largest absolute Gasteiger partial charge is 0.506 e. The minimum Gasteiger partial charge on any atom is -0.506 e. The van der Waals surface area contributed by atoms with E-state index in [9.17, 15) is 13.5 Å². The van der Waals surface area contributed by atoms with E-state index in [0.717, 1.165) is 17.7 Å². The van der Waals surface area contributed by atoms with Crippen LogP contribution >= 0.6 is 23.2 Å². The highest BCUT2D eigenvalue weighted by molar-refractivity contribution is 7.92. The van der Waals surface area contributed by atoms with E-state index >= 15 is 0 Å². The number of allylic oxidation sites excluding steroid dienone is 2. The van der Waals surface area contributed by atoms with Crippen LogP contribution < -0.4 is 10.0 Å². The van der Waals surface area contributed by atoms with E-state index in [1.165, 1.54) is 6.07 Å². The summed E-state index contributed by atoms with van der Waals surface area (Å²) in [5.41, 5.74) is 2.87. The van der Waals surface area contributed by atoms with Gasteiger partial charge in [-0.2, -0.15) is 0 Å². The van der Waals surface area contributed by atoms with Crippen LogP contribution in [0.25, 0.3) is 0 Å². The fourth-order valence-corrected chi connectivity index (χ4v) is 6.19. The molecule has 0 amide bonds. The lowest BCUT2D eigenvalue weighted by Gasteiger charge is -2.38. The van der Waals surface area contributed by atoms with Gasteiger partial charge in [-0.1, -0.05) is 53.6 Å². The summed E-state index contributed by atoms with van der Waals surface area (Å²) in [5.74, 6) is 0.0946. The van der Waals surface area contributed by atoms with Crippen molar-refractivity contribution < 1.29 is 13.5 Å². The lowest BCUT2D eigenvalue weighted by molar-refractivity contribution is 0.402. The van der Waals surface area contributed by atoms with Crippen molar-refractivity contribution in [1.82, 2.24) is 0 Å². The highest BCUT2D eigenvalue weighted by atomic mass is 35.5. The maximum absolute atomic E-state index is 13.0. The van der Waals surface area contributed by atoms with Crippen molar-refractivity contribution in [3.8, 4) is 5.75 Å². The molecule has 5 nitrogen and oxygen atoms in total. The molecule has 0 radical (unpaired) electrons. The molecular formula is C24H20Cl2N2O3S. The predicted octanol–water partition coefficient (Wildman–Crippen LogP) is 6.33. The van der Waals surface area contributed by atoms with Crippen LogP contribution in [0.3, 0.4) is 0 Å². The second-order valence-electron chi connectivity index (χ2n) is 8.02. The molecule has 0 saturated carbocycles. The summed E-state index contributed by atoms with van der Waals surface area (Å²) < 4.78 is 28.6. The SMILES string of the molecule is O=S(=O)(Nc1ccccc1)c1ccc2c(c1)C1C=CCC1C(c1cc(Cl)cc(Cl)c1O)N2. The number of hydrogen-bond donors (Lipinski definition) is 3. The summed E-state index contributed by atoms with van der Waals surface area (Å²) >= 11 is 12.4. The molecular weight excluding hydrogens is 467 g/mol. The molecule has 0 aromatic heterocycles. The lowest BCUT2D eigenvalue weighted by Crippen LogP contribution is -2.29. The zero-order valence-electron chi connectivity index (χ0n) is 16.8. The zero-order chi connectivity index (χ0) is 22.5. The van der Waals surface area contributed by atoms with E-state index in [4.69, 9.17) is 23.2 Å².